The van der Waals surface area contributed by atoms with Crippen molar-refractivity contribution in [2.24, 2.45) is 4.99 Å². The van der Waals surface area contributed by atoms with Crippen molar-refractivity contribution in [3.63, 3.8) is 0 Å². The van der Waals surface area contributed by atoms with E-state index >= 15 is 0 Å². The van der Waals surface area contributed by atoms with Gasteiger partial charge < -0.3 is 4.90 Å². The average molecular weight is 421 g/mol. The van der Waals surface area contributed by atoms with Crippen LogP contribution in [0.25, 0.3) is 0 Å². The number of amides is 1. The van der Waals surface area contributed by atoms with Crippen molar-refractivity contribution in [1.82, 2.24) is 0 Å². The number of aliphatic imine (C=N–C) groups is 1. The third kappa shape index (κ3) is 4.15. The number of amidine groups is 1. The molecule has 5 nitrogen and oxygen atoms in total. The van der Waals surface area contributed by atoms with Gasteiger partial charge >= 0.3 is 0 Å². The number of rotatable bonds is 4. The standard InChI is InChI=1S/C16H18Cl2N2O3S2/c1-2-3-4-15(21)19-16-20(10-5-6-11(17)12(18)7-10)13-8-25(22,23)9-14(13)24-16/h5-7,13-14H,2-4,8-9H2,1H3/t13-,14+/m0/s1. The van der Waals surface area contributed by atoms with E-state index in [1.54, 1.807) is 18.2 Å². The van der Waals surface area contributed by atoms with E-state index in [4.69, 9.17) is 23.2 Å². The number of anilines is 1. The molecule has 2 atom stereocenters. The second kappa shape index (κ2) is 7.47. The zero-order valence-corrected chi connectivity index (χ0v) is 16.8. The van der Waals surface area contributed by atoms with E-state index in [9.17, 15) is 13.2 Å². The Bertz CT molecular complexity index is 827. The lowest BCUT2D eigenvalue weighted by Gasteiger charge is -2.24. The van der Waals surface area contributed by atoms with Crippen molar-refractivity contribution in [1.29, 1.82) is 0 Å². The normalized spacial score (nSPS) is 26.2. The summed E-state index contributed by atoms with van der Waals surface area (Å²) in [5.74, 6) is -0.0349. The van der Waals surface area contributed by atoms with Crippen LogP contribution in [0.15, 0.2) is 23.2 Å². The number of hydrogen-bond acceptors (Lipinski definition) is 4. The SMILES string of the molecule is CCCCC(=O)N=C1S[C@@H]2CS(=O)(=O)C[C@@H]2N1c1ccc(Cl)c(Cl)c1. The Balaban J connectivity index is 1.96. The smallest absolute Gasteiger partial charge is 0.248 e. The molecule has 0 bridgehead atoms. The van der Waals surface area contributed by atoms with Crippen LogP contribution < -0.4 is 4.90 Å². The summed E-state index contributed by atoms with van der Waals surface area (Å²) in [6.07, 6.45) is 2.10. The number of carbonyl (C=O) groups excluding carboxylic acids is 1. The minimum absolute atomic E-state index is 0.0487. The number of halogens is 2. The highest BCUT2D eigenvalue weighted by Crippen LogP contribution is 2.42. The van der Waals surface area contributed by atoms with Gasteiger partial charge in [0, 0.05) is 17.4 Å². The van der Waals surface area contributed by atoms with Crippen molar-refractivity contribution >= 4 is 61.6 Å². The van der Waals surface area contributed by atoms with Gasteiger partial charge in [-0.15, -0.1) is 0 Å². The summed E-state index contributed by atoms with van der Waals surface area (Å²) in [6.45, 7) is 2.02. The van der Waals surface area contributed by atoms with Gasteiger partial charge in [0.15, 0.2) is 15.0 Å². The van der Waals surface area contributed by atoms with E-state index < -0.39 is 9.84 Å². The number of carbonyl (C=O) groups is 1. The molecule has 0 aromatic heterocycles. The van der Waals surface area contributed by atoms with Crippen molar-refractivity contribution in [3.05, 3.63) is 28.2 Å². The summed E-state index contributed by atoms with van der Waals surface area (Å²) in [7, 11) is -3.09. The van der Waals surface area contributed by atoms with Gasteiger partial charge in [-0.25, -0.2) is 8.42 Å². The van der Waals surface area contributed by atoms with Gasteiger partial charge in [-0.2, -0.15) is 4.99 Å². The van der Waals surface area contributed by atoms with Gasteiger partial charge in [-0.3, -0.25) is 4.79 Å². The van der Waals surface area contributed by atoms with E-state index in [1.807, 2.05) is 11.8 Å². The largest absolute Gasteiger partial charge is 0.316 e. The number of thioether (sulfide) groups is 1. The average Bonchev–Trinajstić information content (AvgIpc) is 2.99. The molecule has 0 unspecified atom stereocenters. The molecule has 2 heterocycles. The number of fused-ring (bicyclic) bond motifs is 1. The molecule has 2 fully saturated rings. The summed E-state index contributed by atoms with van der Waals surface area (Å²) < 4.78 is 24.0. The van der Waals surface area contributed by atoms with Gasteiger partial charge in [0.2, 0.25) is 5.91 Å². The quantitative estimate of drug-likeness (QED) is 0.740. The number of hydrogen-bond donors (Lipinski definition) is 0. The predicted molar refractivity (Wildman–Crippen MR) is 105 cm³/mol. The highest BCUT2D eigenvalue weighted by Gasteiger charge is 2.49. The van der Waals surface area contributed by atoms with Gasteiger partial charge in [0.25, 0.3) is 0 Å². The van der Waals surface area contributed by atoms with E-state index in [-0.39, 0.29) is 28.7 Å². The van der Waals surface area contributed by atoms with Crippen LogP contribution in [0.4, 0.5) is 5.69 Å². The first kappa shape index (κ1) is 19.0. The Morgan fingerprint density at radius 3 is 2.76 bits per heavy atom. The molecule has 136 valence electrons. The van der Waals surface area contributed by atoms with Crippen LogP contribution in [-0.4, -0.2) is 42.3 Å². The molecule has 1 aromatic rings. The minimum atomic E-state index is -3.09. The molecular formula is C16H18Cl2N2O3S2. The molecule has 2 saturated heterocycles. The van der Waals surface area contributed by atoms with Crippen molar-refractivity contribution in [3.8, 4) is 0 Å². The Morgan fingerprint density at radius 2 is 2.08 bits per heavy atom. The van der Waals surface area contributed by atoms with Crippen LogP contribution >= 0.6 is 35.0 Å². The van der Waals surface area contributed by atoms with Crippen LogP contribution in [0.1, 0.15) is 26.2 Å². The third-order valence-corrected chi connectivity index (χ3v) is 8.16. The third-order valence-electron chi connectivity index (χ3n) is 4.21. The molecule has 1 aromatic carbocycles. The first-order valence-electron chi connectivity index (χ1n) is 8.03. The lowest BCUT2D eigenvalue weighted by atomic mass is 10.2. The lowest BCUT2D eigenvalue weighted by Crippen LogP contribution is -2.37. The Labute approximate surface area is 161 Å². The zero-order chi connectivity index (χ0) is 18.2. The summed E-state index contributed by atoms with van der Waals surface area (Å²) in [5.41, 5.74) is 0.702. The zero-order valence-electron chi connectivity index (χ0n) is 13.6. The van der Waals surface area contributed by atoms with Crippen molar-refractivity contribution in [2.45, 2.75) is 37.5 Å². The van der Waals surface area contributed by atoms with Gasteiger partial charge in [-0.1, -0.05) is 48.3 Å². The Morgan fingerprint density at radius 1 is 1.32 bits per heavy atom. The van der Waals surface area contributed by atoms with Crippen molar-refractivity contribution < 1.29 is 13.2 Å². The summed E-state index contributed by atoms with van der Waals surface area (Å²) >= 11 is 13.5. The fraction of sp³-hybridized carbons (Fsp3) is 0.500. The molecule has 25 heavy (non-hydrogen) atoms. The molecule has 2 aliphatic rings. The van der Waals surface area contributed by atoms with Crippen LogP contribution in [0.2, 0.25) is 10.0 Å². The number of benzene rings is 1. The van der Waals surface area contributed by atoms with Crippen LogP contribution in [0.5, 0.6) is 0 Å². The van der Waals surface area contributed by atoms with E-state index in [2.05, 4.69) is 4.99 Å². The Hall–Kier alpha value is -0.760. The maximum atomic E-state index is 12.1. The lowest BCUT2D eigenvalue weighted by molar-refractivity contribution is -0.117. The first-order valence-corrected chi connectivity index (χ1v) is 11.5. The predicted octanol–water partition coefficient (Wildman–Crippen LogP) is 3.79. The highest BCUT2D eigenvalue weighted by atomic mass is 35.5. The minimum Gasteiger partial charge on any atom is -0.316 e. The molecule has 9 heteroatoms. The Kier molecular flexibility index (Phi) is 5.68. The fourth-order valence-corrected chi connectivity index (χ4v) is 7.22. The maximum Gasteiger partial charge on any atom is 0.248 e. The van der Waals surface area contributed by atoms with Gasteiger partial charge in [0.05, 0.1) is 27.6 Å². The molecule has 0 aliphatic carbocycles. The van der Waals surface area contributed by atoms with E-state index in [0.29, 0.717) is 27.3 Å². The summed E-state index contributed by atoms with van der Waals surface area (Å²) in [5, 5.41) is 1.22. The molecule has 3 rings (SSSR count). The van der Waals surface area contributed by atoms with Crippen LogP contribution in [0.3, 0.4) is 0 Å². The first-order chi connectivity index (χ1) is 11.8. The van der Waals surface area contributed by atoms with Gasteiger partial charge in [-0.05, 0) is 24.6 Å². The number of nitrogens with zero attached hydrogens (tertiary/aromatic N) is 2. The molecule has 0 saturated carbocycles. The molecule has 0 spiro atoms. The molecular weight excluding hydrogens is 403 g/mol. The topological polar surface area (TPSA) is 66.8 Å². The van der Waals surface area contributed by atoms with E-state index in [0.717, 1.165) is 12.8 Å². The fourth-order valence-electron chi connectivity index (χ4n) is 2.99. The summed E-state index contributed by atoms with van der Waals surface area (Å²) in [6, 6.07) is 4.87. The second-order valence-electron chi connectivity index (χ2n) is 6.16. The molecule has 0 N–H and O–H groups in total. The van der Waals surface area contributed by atoms with Gasteiger partial charge in [0.1, 0.15) is 0 Å². The summed E-state index contributed by atoms with van der Waals surface area (Å²) in [4.78, 5) is 18.2. The van der Waals surface area contributed by atoms with E-state index in [1.165, 1.54) is 11.8 Å². The number of unbranched alkanes of at least 4 members (excludes halogenated alkanes) is 1. The molecule has 1 amide bonds. The molecule has 0 radical (unpaired) electrons. The number of sulfone groups is 1. The van der Waals surface area contributed by atoms with Crippen LogP contribution in [-0.2, 0) is 14.6 Å². The molecule has 2 aliphatic heterocycles. The van der Waals surface area contributed by atoms with Crippen LogP contribution in [0, 0.1) is 0 Å². The second-order valence-corrected chi connectivity index (χ2v) is 10.3. The highest BCUT2D eigenvalue weighted by molar-refractivity contribution is 8.16. The maximum absolute atomic E-state index is 12.1. The van der Waals surface area contributed by atoms with Crippen molar-refractivity contribution in [2.75, 3.05) is 16.4 Å². The monoisotopic (exact) mass is 420 g/mol.